The molecular weight excluding hydrogens is 310 g/mol. The molecule has 0 unspecified atom stereocenters. The summed E-state index contributed by atoms with van der Waals surface area (Å²) < 4.78 is 1.50. The maximum Gasteiger partial charge on any atom is 0.233 e. The Morgan fingerprint density at radius 3 is 3.00 bits per heavy atom. The minimum atomic E-state index is 0.194. The van der Waals surface area contributed by atoms with Gasteiger partial charge in [0.15, 0.2) is 8.29 Å². The van der Waals surface area contributed by atoms with E-state index in [1.165, 1.54) is 23.1 Å². The van der Waals surface area contributed by atoms with Crippen LogP contribution in [0.4, 0.5) is 0 Å². The van der Waals surface area contributed by atoms with Crippen molar-refractivity contribution in [3.05, 3.63) is 3.95 Å². The van der Waals surface area contributed by atoms with Gasteiger partial charge in [-0.15, -0.1) is 0 Å². The summed E-state index contributed by atoms with van der Waals surface area (Å²) in [5.41, 5.74) is 0.194. The van der Waals surface area contributed by atoms with Crippen molar-refractivity contribution in [3.63, 3.8) is 0 Å². The fourth-order valence-corrected chi connectivity index (χ4v) is 4.57. The third-order valence-electron chi connectivity index (χ3n) is 4.12. The van der Waals surface area contributed by atoms with Crippen molar-refractivity contribution in [2.45, 2.75) is 50.4 Å². The molecule has 1 amide bonds. The van der Waals surface area contributed by atoms with Crippen LogP contribution in [0.15, 0.2) is 4.34 Å². The lowest BCUT2D eigenvalue weighted by Crippen LogP contribution is -2.44. The number of nitrogens with zero attached hydrogens (tertiary/aromatic N) is 2. The molecule has 2 rings (SSSR count). The van der Waals surface area contributed by atoms with Crippen LogP contribution in [-0.2, 0) is 4.79 Å². The quantitative estimate of drug-likeness (QED) is 0.660. The largest absolute Gasteiger partial charge is 0.338 e. The summed E-state index contributed by atoms with van der Waals surface area (Å²) in [6, 6.07) is 0.373. The van der Waals surface area contributed by atoms with E-state index < -0.39 is 0 Å². The van der Waals surface area contributed by atoms with Gasteiger partial charge in [-0.2, -0.15) is 5.10 Å². The second kappa shape index (κ2) is 6.58. The van der Waals surface area contributed by atoms with E-state index >= 15 is 0 Å². The van der Waals surface area contributed by atoms with E-state index in [1.807, 2.05) is 0 Å². The number of hydrogen-bond donors (Lipinski definition) is 1. The molecule has 1 aliphatic heterocycles. The van der Waals surface area contributed by atoms with Crippen LogP contribution in [0.25, 0.3) is 0 Å². The van der Waals surface area contributed by atoms with E-state index in [0.29, 0.717) is 15.7 Å². The first-order chi connectivity index (χ1) is 9.44. The molecule has 0 spiro atoms. The monoisotopic (exact) mass is 331 g/mol. The van der Waals surface area contributed by atoms with Gasteiger partial charge in [0, 0.05) is 12.6 Å². The number of H-pyrrole nitrogens is 1. The lowest BCUT2D eigenvalue weighted by atomic mass is 9.80. The highest BCUT2D eigenvalue weighted by molar-refractivity contribution is 8.01. The van der Waals surface area contributed by atoms with Gasteiger partial charge < -0.3 is 4.90 Å². The standard InChI is InChI=1S/C13H21N3OS3/c1-4-13(2,3)9-6-5-7-16(9)10(17)8-19-12-15-14-11(18)20-12/h9H,4-8H2,1-3H3,(H,14,18)/t9-/m1/s1. The maximum absolute atomic E-state index is 12.4. The van der Waals surface area contributed by atoms with E-state index in [1.54, 1.807) is 0 Å². The molecule has 0 saturated carbocycles. The molecule has 112 valence electrons. The zero-order valence-corrected chi connectivity index (χ0v) is 14.6. The number of carbonyl (C=O) groups excluding carboxylic acids is 1. The second-order valence-electron chi connectivity index (χ2n) is 5.76. The summed E-state index contributed by atoms with van der Waals surface area (Å²) in [4.78, 5) is 14.5. The van der Waals surface area contributed by atoms with Crippen LogP contribution < -0.4 is 0 Å². The fourth-order valence-electron chi connectivity index (χ4n) is 2.60. The zero-order valence-electron chi connectivity index (χ0n) is 12.1. The van der Waals surface area contributed by atoms with E-state index in [9.17, 15) is 4.79 Å². The molecular formula is C13H21N3OS3. The molecule has 2 heterocycles. The van der Waals surface area contributed by atoms with Gasteiger partial charge in [-0.05, 0) is 36.9 Å². The van der Waals surface area contributed by atoms with Crippen LogP contribution in [-0.4, -0.2) is 39.3 Å². The van der Waals surface area contributed by atoms with Crippen LogP contribution in [0.2, 0.25) is 0 Å². The molecule has 0 aromatic carbocycles. The number of aromatic nitrogens is 2. The Labute approximate surface area is 133 Å². The van der Waals surface area contributed by atoms with Crippen molar-refractivity contribution in [3.8, 4) is 0 Å². The first-order valence-electron chi connectivity index (χ1n) is 6.92. The third-order valence-corrected chi connectivity index (χ3v) is 6.34. The summed E-state index contributed by atoms with van der Waals surface area (Å²) in [6.07, 6.45) is 3.33. The maximum atomic E-state index is 12.4. The van der Waals surface area contributed by atoms with Crippen molar-refractivity contribution in [1.29, 1.82) is 0 Å². The minimum absolute atomic E-state index is 0.194. The minimum Gasteiger partial charge on any atom is -0.338 e. The van der Waals surface area contributed by atoms with Crippen molar-refractivity contribution < 1.29 is 4.79 Å². The highest BCUT2D eigenvalue weighted by Crippen LogP contribution is 2.36. The van der Waals surface area contributed by atoms with Crippen LogP contribution >= 0.6 is 35.3 Å². The van der Waals surface area contributed by atoms with Gasteiger partial charge in [-0.3, -0.25) is 9.89 Å². The van der Waals surface area contributed by atoms with Gasteiger partial charge in [0.25, 0.3) is 0 Å². The van der Waals surface area contributed by atoms with Crippen molar-refractivity contribution >= 4 is 41.2 Å². The number of aromatic amines is 1. The van der Waals surface area contributed by atoms with E-state index in [0.717, 1.165) is 30.1 Å². The van der Waals surface area contributed by atoms with Gasteiger partial charge in [-0.25, -0.2) is 0 Å². The molecule has 1 N–H and O–H groups in total. The SMILES string of the molecule is CCC(C)(C)[C@H]1CCCN1C(=O)CSc1n[nH]c(=S)s1. The Bertz CT molecular complexity index is 523. The Balaban J connectivity index is 1.96. The van der Waals surface area contributed by atoms with Crippen LogP contribution in [0.3, 0.4) is 0 Å². The third kappa shape index (κ3) is 3.62. The number of hydrogen-bond acceptors (Lipinski definition) is 5. The predicted octanol–water partition coefficient (Wildman–Crippen LogP) is 3.72. The van der Waals surface area contributed by atoms with Crippen LogP contribution in [0.1, 0.15) is 40.0 Å². The van der Waals surface area contributed by atoms with Gasteiger partial charge in [-0.1, -0.05) is 43.9 Å². The topological polar surface area (TPSA) is 49.0 Å². The van der Waals surface area contributed by atoms with Crippen molar-refractivity contribution in [1.82, 2.24) is 15.1 Å². The molecule has 1 aromatic heterocycles. The molecule has 0 aliphatic carbocycles. The van der Waals surface area contributed by atoms with Gasteiger partial charge in [0.05, 0.1) is 5.75 Å². The molecule has 1 aromatic rings. The number of rotatable bonds is 5. The number of likely N-dealkylation sites (tertiary alicyclic amines) is 1. The van der Waals surface area contributed by atoms with Crippen LogP contribution in [0.5, 0.6) is 0 Å². The Kier molecular flexibility index (Phi) is 5.25. The summed E-state index contributed by atoms with van der Waals surface area (Å²) in [7, 11) is 0. The lowest BCUT2D eigenvalue weighted by Gasteiger charge is -2.37. The van der Waals surface area contributed by atoms with Crippen LogP contribution in [0, 0.1) is 9.37 Å². The second-order valence-corrected chi connectivity index (χ2v) is 8.64. The van der Waals surface area contributed by atoms with E-state index in [-0.39, 0.29) is 11.3 Å². The number of amides is 1. The Morgan fingerprint density at radius 1 is 1.65 bits per heavy atom. The van der Waals surface area contributed by atoms with Crippen molar-refractivity contribution in [2.75, 3.05) is 12.3 Å². The normalized spacial score (nSPS) is 19.6. The molecule has 1 atom stereocenters. The number of carbonyl (C=O) groups is 1. The molecule has 1 fully saturated rings. The first-order valence-corrected chi connectivity index (χ1v) is 9.13. The highest BCUT2D eigenvalue weighted by Gasteiger charge is 2.38. The lowest BCUT2D eigenvalue weighted by molar-refractivity contribution is -0.131. The molecule has 1 saturated heterocycles. The molecule has 1 aliphatic rings. The summed E-state index contributed by atoms with van der Waals surface area (Å²) in [5, 5.41) is 6.82. The Hall–Kier alpha value is -0.400. The molecule has 7 heteroatoms. The summed E-state index contributed by atoms with van der Waals surface area (Å²) >= 11 is 7.89. The smallest absolute Gasteiger partial charge is 0.233 e. The molecule has 4 nitrogen and oxygen atoms in total. The average Bonchev–Trinajstić information content (AvgIpc) is 3.05. The average molecular weight is 332 g/mol. The van der Waals surface area contributed by atoms with E-state index in [2.05, 4.69) is 35.9 Å². The van der Waals surface area contributed by atoms with Crippen molar-refractivity contribution in [2.24, 2.45) is 5.41 Å². The van der Waals surface area contributed by atoms with Gasteiger partial charge in [0.1, 0.15) is 0 Å². The summed E-state index contributed by atoms with van der Waals surface area (Å²) in [6.45, 7) is 7.61. The first kappa shape index (κ1) is 16.0. The number of nitrogens with one attached hydrogen (secondary N) is 1. The zero-order chi connectivity index (χ0) is 14.8. The molecule has 0 radical (unpaired) electrons. The van der Waals surface area contributed by atoms with Gasteiger partial charge in [0.2, 0.25) is 5.91 Å². The van der Waals surface area contributed by atoms with Gasteiger partial charge >= 0.3 is 0 Å². The fraction of sp³-hybridized carbons (Fsp3) is 0.769. The molecule has 0 bridgehead atoms. The number of thioether (sulfide) groups is 1. The molecule has 20 heavy (non-hydrogen) atoms. The predicted molar refractivity (Wildman–Crippen MR) is 86.8 cm³/mol. The summed E-state index contributed by atoms with van der Waals surface area (Å²) in [5.74, 6) is 0.673. The highest BCUT2D eigenvalue weighted by atomic mass is 32.2. The Morgan fingerprint density at radius 2 is 2.40 bits per heavy atom. The van der Waals surface area contributed by atoms with E-state index in [4.69, 9.17) is 12.2 Å².